The molecule has 0 unspecified atom stereocenters. The van der Waals surface area contributed by atoms with Crippen LogP contribution in [-0.4, -0.2) is 17.6 Å². The van der Waals surface area contributed by atoms with Crippen molar-refractivity contribution in [3.05, 3.63) is 24.3 Å². The normalized spacial score (nSPS) is 10.9. The number of hydrogen-bond acceptors (Lipinski definition) is 5. The van der Waals surface area contributed by atoms with Gasteiger partial charge >= 0.3 is 0 Å². The molecule has 1 aromatic carbocycles. The quantitative estimate of drug-likeness (QED) is 0.359. The fraction of sp³-hybridized carbons (Fsp3) is 0.250. The predicted molar refractivity (Wildman–Crippen MR) is 73.8 cm³/mol. The first kappa shape index (κ1) is 13.5. The van der Waals surface area contributed by atoms with Gasteiger partial charge in [0.05, 0.1) is 11.4 Å². The zero-order chi connectivity index (χ0) is 13.5. The third-order valence-corrected chi connectivity index (χ3v) is 2.02. The lowest BCUT2D eigenvalue weighted by atomic mass is 10.2. The Labute approximate surface area is 106 Å². The lowest BCUT2D eigenvalue weighted by Gasteiger charge is -2.14. The van der Waals surface area contributed by atoms with Gasteiger partial charge in [-0.05, 0) is 26.0 Å². The smallest absolute Gasteiger partial charge is 0.201 e. The Morgan fingerprint density at radius 3 is 2.50 bits per heavy atom. The van der Waals surface area contributed by atoms with Gasteiger partial charge in [0.25, 0.3) is 0 Å². The molecule has 0 spiro atoms. The van der Waals surface area contributed by atoms with Crippen LogP contribution >= 0.6 is 0 Å². The summed E-state index contributed by atoms with van der Waals surface area (Å²) in [7, 11) is 0. The molecule has 0 atom stereocenters. The van der Waals surface area contributed by atoms with Gasteiger partial charge in [-0.2, -0.15) is 10.4 Å². The van der Waals surface area contributed by atoms with E-state index in [4.69, 9.17) is 16.4 Å². The van der Waals surface area contributed by atoms with Crippen LogP contribution in [0.4, 0.5) is 11.4 Å². The maximum absolute atomic E-state index is 8.73. The van der Waals surface area contributed by atoms with Crippen LogP contribution in [-0.2, 0) is 0 Å². The van der Waals surface area contributed by atoms with Crippen LogP contribution in [0.5, 0.6) is 0 Å². The zero-order valence-corrected chi connectivity index (χ0v) is 10.4. The van der Waals surface area contributed by atoms with Crippen LogP contribution in [0.3, 0.4) is 0 Å². The summed E-state index contributed by atoms with van der Waals surface area (Å²) >= 11 is 0. The fourth-order valence-corrected chi connectivity index (χ4v) is 1.28. The molecule has 0 heterocycles. The highest BCUT2D eigenvalue weighted by atomic mass is 15.3. The van der Waals surface area contributed by atoms with Gasteiger partial charge in [-0.1, -0.05) is 12.1 Å². The van der Waals surface area contributed by atoms with Crippen molar-refractivity contribution >= 4 is 22.9 Å². The van der Waals surface area contributed by atoms with Crippen molar-refractivity contribution in [1.29, 1.82) is 10.7 Å². The highest BCUT2D eigenvalue weighted by Crippen LogP contribution is 2.21. The highest BCUT2D eigenvalue weighted by Gasteiger charge is 2.04. The fourth-order valence-electron chi connectivity index (χ4n) is 1.28. The summed E-state index contributed by atoms with van der Waals surface area (Å²) in [4.78, 5) is 0. The van der Waals surface area contributed by atoms with E-state index in [1.54, 1.807) is 6.07 Å². The Bertz CT molecular complexity index is 498. The van der Waals surface area contributed by atoms with E-state index in [1.165, 1.54) is 0 Å². The molecule has 6 nitrogen and oxygen atoms in total. The first-order valence-corrected chi connectivity index (χ1v) is 5.48. The number of nitrogens with two attached hydrogens (primary N) is 1. The van der Waals surface area contributed by atoms with E-state index in [0.29, 0.717) is 0 Å². The number of hydrazone groups is 1. The monoisotopic (exact) mass is 244 g/mol. The Hall–Kier alpha value is -2.55. The second-order valence-corrected chi connectivity index (χ2v) is 3.94. The van der Waals surface area contributed by atoms with E-state index >= 15 is 0 Å². The van der Waals surface area contributed by atoms with E-state index in [0.717, 1.165) is 11.4 Å². The minimum absolute atomic E-state index is 0.144. The second kappa shape index (κ2) is 6.25. The number of para-hydroxylation sites is 2. The molecule has 5 N–H and O–H groups in total. The zero-order valence-electron chi connectivity index (χ0n) is 10.4. The van der Waals surface area contributed by atoms with Gasteiger partial charge in [0.1, 0.15) is 6.07 Å². The molecule has 0 bridgehead atoms. The van der Waals surface area contributed by atoms with Gasteiger partial charge in [0.2, 0.25) is 5.71 Å². The Kier molecular flexibility index (Phi) is 4.69. The van der Waals surface area contributed by atoms with E-state index in [9.17, 15) is 0 Å². The Morgan fingerprint density at radius 2 is 2.00 bits per heavy atom. The number of benzene rings is 1. The maximum atomic E-state index is 8.73. The van der Waals surface area contributed by atoms with Crippen molar-refractivity contribution in [3.63, 3.8) is 0 Å². The minimum Gasteiger partial charge on any atom is -0.382 e. The molecular formula is C12H16N6. The van der Waals surface area contributed by atoms with Gasteiger partial charge < -0.3 is 11.1 Å². The van der Waals surface area contributed by atoms with Crippen molar-refractivity contribution in [2.75, 3.05) is 10.7 Å². The predicted octanol–water partition coefficient (Wildman–Crippen LogP) is 1.73. The SMILES string of the molecule is CC(C)Nc1ccccc1N/N=C(\C#N)C(=N)N. The molecular weight excluding hydrogens is 228 g/mol. The van der Waals surface area contributed by atoms with Crippen LogP contribution in [0.2, 0.25) is 0 Å². The van der Waals surface area contributed by atoms with Crippen molar-refractivity contribution < 1.29 is 0 Å². The van der Waals surface area contributed by atoms with E-state index in [-0.39, 0.29) is 17.6 Å². The lowest BCUT2D eigenvalue weighted by molar-refractivity contribution is 0.900. The van der Waals surface area contributed by atoms with Crippen molar-refractivity contribution in [2.45, 2.75) is 19.9 Å². The summed E-state index contributed by atoms with van der Waals surface area (Å²) < 4.78 is 0. The molecule has 1 aromatic rings. The molecule has 0 aliphatic heterocycles. The summed E-state index contributed by atoms with van der Waals surface area (Å²) in [5.41, 5.74) is 9.39. The summed E-state index contributed by atoms with van der Waals surface area (Å²) in [6.07, 6.45) is 0. The number of amidine groups is 1. The number of nitrogens with zero attached hydrogens (tertiary/aromatic N) is 2. The molecule has 0 aliphatic carbocycles. The third kappa shape index (κ3) is 3.79. The molecule has 0 saturated carbocycles. The summed E-state index contributed by atoms with van der Waals surface area (Å²) in [5.74, 6) is -0.362. The Morgan fingerprint density at radius 1 is 1.39 bits per heavy atom. The molecule has 0 aromatic heterocycles. The van der Waals surface area contributed by atoms with Crippen LogP contribution in [0.15, 0.2) is 29.4 Å². The van der Waals surface area contributed by atoms with Crippen LogP contribution in [0.25, 0.3) is 0 Å². The van der Waals surface area contributed by atoms with E-state index in [2.05, 4.69) is 15.8 Å². The maximum Gasteiger partial charge on any atom is 0.201 e. The van der Waals surface area contributed by atoms with Crippen LogP contribution in [0, 0.1) is 16.7 Å². The Balaban J connectivity index is 2.91. The molecule has 0 fully saturated rings. The van der Waals surface area contributed by atoms with Crippen LogP contribution in [0.1, 0.15) is 13.8 Å². The lowest BCUT2D eigenvalue weighted by Crippen LogP contribution is -2.22. The largest absolute Gasteiger partial charge is 0.382 e. The molecule has 0 saturated heterocycles. The van der Waals surface area contributed by atoms with Gasteiger partial charge in [-0.25, -0.2) is 0 Å². The highest BCUT2D eigenvalue weighted by molar-refractivity contribution is 6.45. The average Bonchev–Trinajstić information content (AvgIpc) is 2.30. The first-order chi connectivity index (χ1) is 8.54. The molecule has 6 heteroatoms. The summed E-state index contributed by atoms with van der Waals surface area (Å²) in [6, 6.07) is 9.50. The average molecular weight is 244 g/mol. The van der Waals surface area contributed by atoms with Crippen molar-refractivity contribution in [2.24, 2.45) is 10.8 Å². The molecule has 94 valence electrons. The topological polar surface area (TPSA) is 110 Å². The molecule has 1 rings (SSSR count). The van der Waals surface area contributed by atoms with Crippen LogP contribution < -0.4 is 16.5 Å². The van der Waals surface area contributed by atoms with Crippen molar-refractivity contribution in [1.82, 2.24) is 0 Å². The first-order valence-electron chi connectivity index (χ1n) is 5.48. The molecule has 0 radical (unpaired) electrons. The minimum atomic E-state index is -0.362. The number of nitriles is 1. The number of anilines is 2. The number of hydrogen-bond donors (Lipinski definition) is 4. The van der Waals surface area contributed by atoms with Gasteiger partial charge in [-0.15, -0.1) is 0 Å². The number of nitrogens with one attached hydrogen (secondary N) is 3. The van der Waals surface area contributed by atoms with Gasteiger partial charge in [-0.3, -0.25) is 10.8 Å². The number of rotatable bonds is 5. The summed E-state index contributed by atoms with van der Waals surface area (Å²) in [6.45, 7) is 4.05. The molecule has 18 heavy (non-hydrogen) atoms. The van der Waals surface area contributed by atoms with Crippen molar-refractivity contribution in [3.8, 4) is 6.07 Å². The standard InChI is InChI=1S/C12H16N6/c1-8(2)16-9-5-3-4-6-10(9)17-18-11(7-13)12(14)15/h3-6,8,16-17H,1-2H3,(H3,14,15)/b18-11+. The van der Waals surface area contributed by atoms with Gasteiger partial charge in [0, 0.05) is 6.04 Å². The molecule has 0 aliphatic rings. The molecule has 0 amide bonds. The third-order valence-electron chi connectivity index (χ3n) is 2.02. The summed E-state index contributed by atoms with van der Waals surface area (Å²) in [5, 5.41) is 22.9. The van der Waals surface area contributed by atoms with E-state index in [1.807, 2.05) is 38.1 Å². The van der Waals surface area contributed by atoms with E-state index < -0.39 is 0 Å². The van der Waals surface area contributed by atoms with Gasteiger partial charge in [0.15, 0.2) is 5.84 Å². The second-order valence-electron chi connectivity index (χ2n) is 3.94.